The molecule has 1 aliphatic heterocycles. The van der Waals surface area contributed by atoms with Crippen molar-refractivity contribution in [2.75, 3.05) is 6.54 Å². The fraction of sp³-hybridized carbons (Fsp3) is 0.778. The predicted octanol–water partition coefficient (Wildman–Crippen LogP) is 0.513. The highest BCUT2D eigenvalue weighted by atomic mass is 16.3. The summed E-state index contributed by atoms with van der Waals surface area (Å²) in [5, 5.41) is 12.6. The summed E-state index contributed by atoms with van der Waals surface area (Å²) in [5.41, 5.74) is 0. The molecule has 2 N–H and O–H groups in total. The Morgan fingerprint density at radius 3 is 3.09 bits per heavy atom. The topological polar surface area (TPSA) is 32.3 Å². The first kappa shape index (κ1) is 8.58. The van der Waals surface area contributed by atoms with Gasteiger partial charge >= 0.3 is 0 Å². The Balaban J connectivity index is 2.14. The molecule has 0 aromatic carbocycles. The van der Waals surface area contributed by atoms with E-state index in [1.807, 2.05) is 0 Å². The SMILES string of the molecule is C#CCC(O)CC1CCCN1. The molecule has 1 heterocycles. The van der Waals surface area contributed by atoms with Gasteiger partial charge in [0.1, 0.15) is 0 Å². The fourth-order valence-electron chi connectivity index (χ4n) is 1.51. The van der Waals surface area contributed by atoms with E-state index < -0.39 is 0 Å². The second-order valence-corrected chi connectivity index (χ2v) is 3.09. The summed E-state index contributed by atoms with van der Waals surface area (Å²) < 4.78 is 0. The lowest BCUT2D eigenvalue weighted by Crippen LogP contribution is -2.26. The second kappa shape index (κ2) is 4.38. The average molecular weight is 153 g/mol. The standard InChI is InChI=1S/C9H15NO/c1-2-4-9(11)7-8-5-3-6-10-8/h1,8-11H,3-7H2. The van der Waals surface area contributed by atoms with Gasteiger partial charge in [-0.15, -0.1) is 12.3 Å². The lowest BCUT2D eigenvalue weighted by atomic mass is 10.1. The van der Waals surface area contributed by atoms with Crippen LogP contribution < -0.4 is 5.32 Å². The average Bonchev–Trinajstić information content (AvgIpc) is 2.40. The molecule has 2 heteroatoms. The molecule has 62 valence electrons. The molecule has 0 spiro atoms. The Labute approximate surface area is 68.0 Å². The van der Waals surface area contributed by atoms with E-state index in [9.17, 15) is 5.11 Å². The van der Waals surface area contributed by atoms with Crippen molar-refractivity contribution < 1.29 is 5.11 Å². The Morgan fingerprint density at radius 2 is 2.55 bits per heavy atom. The van der Waals surface area contributed by atoms with Crippen molar-refractivity contribution >= 4 is 0 Å². The third-order valence-electron chi connectivity index (χ3n) is 2.07. The lowest BCUT2D eigenvalue weighted by molar-refractivity contribution is 0.157. The van der Waals surface area contributed by atoms with E-state index in [1.54, 1.807) is 0 Å². The molecule has 1 aliphatic rings. The molecule has 11 heavy (non-hydrogen) atoms. The van der Waals surface area contributed by atoms with Crippen molar-refractivity contribution in [3.63, 3.8) is 0 Å². The van der Waals surface area contributed by atoms with Gasteiger partial charge in [-0.1, -0.05) is 0 Å². The maximum atomic E-state index is 9.33. The van der Waals surface area contributed by atoms with E-state index in [2.05, 4.69) is 11.2 Å². The molecule has 2 unspecified atom stereocenters. The van der Waals surface area contributed by atoms with Crippen LogP contribution >= 0.6 is 0 Å². The van der Waals surface area contributed by atoms with Crippen LogP contribution in [0.3, 0.4) is 0 Å². The summed E-state index contributed by atoms with van der Waals surface area (Å²) in [6.45, 7) is 1.09. The van der Waals surface area contributed by atoms with E-state index in [0.717, 1.165) is 13.0 Å². The van der Waals surface area contributed by atoms with Crippen LogP contribution in [-0.2, 0) is 0 Å². The number of aliphatic hydroxyl groups is 1. The molecule has 1 rings (SSSR count). The Bertz CT molecular complexity index is 144. The van der Waals surface area contributed by atoms with Crippen LogP contribution in [0, 0.1) is 12.3 Å². The van der Waals surface area contributed by atoms with E-state index in [0.29, 0.717) is 12.5 Å². The largest absolute Gasteiger partial charge is 0.392 e. The third-order valence-corrected chi connectivity index (χ3v) is 2.07. The molecule has 0 aliphatic carbocycles. The van der Waals surface area contributed by atoms with Gasteiger partial charge in [-0.25, -0.2) is 0 Å². The smallest absolute Gasteiger partial charge is 0.0664 e. The Kier molecular flexibility index (Phi) is 3.41. The quantitative estimate of drug-likeness (QED) is 0.579. The molecular formula is C9H15NO. The summed E-state index contributed by atoms with van der Waals surface area (Å²) >= 11 is 0. The van der Waals surface area contributed by atoms with Crippen LogP contribution in [0.15, 0.2) is 0 Å². The van der Waals surface area contributed by atoms with Crippen molar-refractivity contribution in [1.82, 2.24) is 5.32 Å². The summed E-state index contributed by atoms with van der Waals surface area (Å²) in [7, 11) is 0. The maximum absolute atomic E-state index is 9.33. The van der Waals surface area contributed by atoms with Crippen LogP contribution in [0.5, 0.6) is 0 Å². The first-order chi connectivity index (χ1) is 5.33. The first-order valence-electron chi connectivity index (χ1n) is 4.18. The van der Waals surface area contributed by atoms with Gasteiger partial charge in [0.15, 0.2) is 0 Å². The van der Waals surface area contributed by atoms with Gasteiger partial charge in [-0.3, -0.25) is 0 Å². The predicted molar refractivity (Wildman–Crippen MR) is 45.1 cm³/mol. The first-order valence-corrected chi connectivity index (χ1v) is 4.18. The zero-order valence-electron chi connectivity index (χ0n) is 6.71. The summed E-state index contributed by atoms with van der Waals surface area (Å²) in [6, 6.07) is 0.498. The minimum atomic E-state index is -0.310. The van der Waals surface area contributed by atoms with E-state index in [1.165, 1.54) is 12.8 Å². The van der Waals surface area contributed by atoms with Crippen molar-refractivity contribution in [2.45, 2.75) is 37.8 Å². The van der Waals surface area contributed by atoms with Crippen LogP contribution in [0.2, 0.25) is 0 Å². The minimum absolute atomic E-state index is 0.310. The van der Waals surface area contributed by atoms with Crippen molar-refractivity contribution in [2.24, 2.45) is 0 Å². The molecule has 0 saturated carbocycles. The fourth-order valence-corrected chi connectivity index (χ4v) is 1.51. The maximum Gasteiger partial charge on any atom is 0.0664 e. The van der Waals surface area contributed by atoms with E-state index >= 15 is 0 Å². The molecule has 1 fully saturated rings. The molecule has 0 bridgehead atoms. The minimum Gasteiger partial charge on any atom is -0.392 e. The molecular weight excluding hydrogens is 138 g/mol. The third kappa shape index (κ3) is 2.92. The van der Waals surface area contributed by atoms with Gasteiger partial charge in [0.25, 0.3) is 0 Å². The number of nitrogens with one attached hydrogen (secondary N) is 1. The Hall–Kier alpha value is -0.520. The molecule has 0 aromatic heterocycles. The molecule has 0 amide bonds. The van der Waals surface area contributed by atoms with E-state index in [-0.39, 0.29) is 6.10 Å². The number of hydrogen-bond donors (Lipinski definition) is 2. The molecule has 0 radical (unpaired) electrons. The van der Waals surface area contributed by atoms with Gasteiger partial charge in [0.2, 0.25) is 0 Å². The van der Waals surface area contributed by atoms with Gasteiger partial charge in [0.05, 0.1) is 6.10 Å². The Morgan fingerprint density at radius 1 is 1.73 bits per heavy atom. The second-order valence-electron chi connectivity index (χ2n) is 3.09. The van der Waals surface area contributed by atoms with Gasteiger partial charge in [-0.2, -0.15) is 0 Å². The molecule has 2 atom stereocenters. The summed E-state index contributed by atoms with van der Waals surface area (Å²) in [5.74, 6) is 2.46. The number of hydrogen-bond acceptors (Lipinski definition) is 2. The lowest BCUT2D eigenvalue weighted by Gasteiger charge is -2.13. The number of aliphatic hydroxyl groups excluding tert-OH is 1. The van der Waals surface area contributed by atoms with Crippen LogP contribution in [-0.4, -0.2) is 23.8 Å². The van der Waals surface area contributed by atoms with Crippen molar-refractivity contribution in [3.05, 3.63) is 0 Å². The normalized spacial score (nSPS) is 26.4. The van der Waals surface area contributed by atoms with Gasteiger partial charge in [-0.05, 0) is 25.8 Å². The number of terminal acetylenes is 1. The summed E-state index contributed by atoms with van der Waals surface area (Å²) in [4.78, 5) is 0. The summed E-state index contributed by atoms with van der Waals surface area (Å²) in [6.07, 6.45) is 8.47. The molecule has 1 saturated heterocycles. The zero-order chi connectivity index (χ0) is 8.10. The van der Waals surface area contributed by atoms with Crippen molar-refractivity contribution in [3.8, 4) is 12.3 Å². The number of rotatable bonds is 3. The van der Waals surface area contributed by atoms with Crippen molar-refractivity contribution in [1.29, 1.82) is 0 Å². The van der Waals surface area contributed by atoms with Crippen LogP contribution in [0.4, 0.5) is 0 Å². The van der Waals surface area contributed by atoms with E-state index in [4.69, 9.17) is 6.42 Å². The van der Waals surface area contributed by atoms with Crippen LogP contribution in [0.1, 0.15) is 25.7 Å². The van der Waals surface area contributed by atoms with Crippen LogP contribution in [0.25, 0.3) is 0 Å². The van der Waals surface area contributed by atoms with Gasteiger partial charge < -0.3 is 10.4 Å². The highest BCUT2D eigenvalue weighted by Crippen LogP contribution is 2.11. The molecule has 0 aromatic rings. The van der Waals surface area contributed by atoms with Gasteiger partial charge in [0, 0.05) is 12.5 Å². The highest BCUT2D eigenvalue weighted by molar-refractivity contribution is 4.89. The monoisotopic (exact) mass is 153 g/mol. The highest BCUT2D eigenvalue weighted by Gasteiger charge is 2.16. The molecule has 2 nitrogen and oxygen atoms in total. The zero-order valence-corrected chi connectivity index (χ0v) is 6.71.